The average molecular weight is 354 g/mol. The molecule has 2 rings (SSSR count). The standard InChI is InChI=1S/C17H17F3N2O3/c1-11(2)25-14-4-3-13(15(9-14)17(18,19)20)10-21-16(23)12-5-7-22(24)8-6-12/h3-9,11H,10H2,1-2H3,(H,21,23). The minimum atomic E-state index is -4.57. The van der Waals surface area contributed by atoms with Crippen molar-refractivity contribution in [3.05, 3.63) is 64.6 Å². The van der Waals surface area contributed by atoms with Crippen molar-refractivity contribution in [1.82, 2.24) is 5.32 Å². The fourth-order valence-corrected chi connectivity index (χ4v) is 2.16. The van der Waals surface area contributed by atoms with Gasteiger partial charge in [0.15, 0.2) is 12.4 Å². The van der Waals surface area contributed by atoms with Crippen LogP contribution in [0.4, 0.5) is 13.2 Å². The molecule has 0 aliphatic carbocycles. The second-order valence-electron chi connectivity index (χ2n) is 5.61. The summed E-state index contributed by atoms with van der Waals surface area (Å²) in [5.41, 5.74) is -0.761. The first-order chi connectivity index (χ1) is 11.7. The number of nitrogens with one attached hydrogen (secondary N) is 1. The number of amides is 1. The van der Waals surface area contributed by atoms with Gasteiger partial charge in [0.2, 0.25) is 0 Å². The van der Waals surface area contributed by atoms with Gasteiger partial charge in [0.1, 0.15) is 5.75 Å². The predicted octanol–water partition coefficient (Wildman–Crippen LogP) is 3.06. The molecule has 0 saturated heterocycles. The molecule has 0 aliphatic heterocycles. The number of benzene rings is 1. The number of aromatic nitrogens is 1. The van der Waals surface area contributed by atoms with Crippen molar-refractivity contribution in [1.29, 1.82) is 0 Å². The van der Waals surface area contributed by atoms with Crippen LogP contribution < -0.4 is 14.8 Å². The number of alkyl halides is 3. The van der Waals surface area contributed by atoms with Crippen molar-refractivity contribution in [3.8, 4) is 5.75 Å². The average Bonchev–Trinajstić information content (AvgIpc) is 2.52. The second kappa shape index (κ2) is 7.42. The van der Waals surface area contributed by atoms with E-state index < -0.39 is 17.6 Å². The Bertz CT molecular complexity index is 744. The van der Waals surface area contributed by atoms with E-state index in [1.54, 1.807) is 13.8 Å². The molecule has 1 aromatic heterocycles. The SMILES string of the molecule is CC(C)Oc1ccc(CNC(=O)c2cc[n+]([O-])cc2)c(C(F)(F)F)c1. The third kappa shape index (κ3) is 5.10. The lowest BCUT2D eigenvalue weighted by atomic mass is 10.1. The maximum absolute atomic E-state index is 13.3. The van der Waals surface area contributed by atoms with Crippen LogP contribution in [-0.4, -0.2) is 12.0 Å². The predicted molar refractivity (Wildman–Crippen MR) is 83.8 cm³/mol. The van der Waals surface area contributed by atoms with Crippen molar-refractivity contribution >= 4 is 5.91 Å². The van der Waals surface area contributed by atoms with E-state index in [1.165, 1.54) is 24.3 Å². The number of halogens is 3. The van der Waals surface area contributed by atoms with Gasteiger partial charge in [-0.05, 0) is 31.5 Å². The Labute approximate surface area is 142 Å². The highest BCUT2D eigenvalue weighted by molar-refractivity contribution is 5.93. The lowest BCUT2D eigenvalue weighted by Crippen LogP contribution is -2.28. The quantitative estimate of drug-likeness (QED) is 0.663. The highest BCUT2D eigenvalue weighted by atomic mass is 19.4. The van der Waals surface area contributed by atoms with Crippen LogP contribution in [0.2, 0.25) is 0 Å². The number of carbonyl (C=O) groups excluding carboxylic acids is 1. The van der Waals surface area contributed by atoms with Gasteiger partial charge < -0.3 is 15.3 Å². The second-order valence-corrected chi connectivity index (χ2v) is 5.61. The molecule has 1 aromatic carbocycles. The molecule has 0 saturated carbocycles. The van der Waals surface area contributed by atoms with Crippen LogP contribution in [0.3, 0.4) is 0 Å². The van der Waals surface area contributed by atoms with E-state index >= 15 is 0 Å². The third-order valence-electron chi connectivity index (χ3n) is 3.26. The van der Waals surface area contributed by atoms with Crippen molar-refractivity contribution in [2.75, 3.05) is 0 Å². The Morgan fingerprint density at radius 1 is 1.24 bits per heavy atom. The van der Waals surface area contributed by atoms with Gasteiger partial charge in [0.05, 0.1) is 17.2 Å². The fraction of sp³-hybridized carbons (Fsp3) is 0.294. The lowest BCUT2D eigenvalue weighted by molar-refractivity contribution is -0.605. The number of ether oxygens (including phenoxy) is 1. The highest BCUT2D eigenvalue weighted by Crippen LogP contribution is 2.34. The maximum atomic E-state index is 13.3. The van der Waals surface area contributed by atoms with Crippen LogP contribution in [0, 0.1) is 5.21 Å². The van der Waals surface area contributed by atoms with E-state index in [0.29, 0.717) is 4.73 Å². The maximum Gasteiger partial charge on any atom is 0.416 e. The summed E-state index contributed by atoms with van der Waals surface area (Å²) in [5.74, 6) is -0.461. The number of rotatable bonds is 5. The summed E-state index contributed by atoms with van der Waals surface area (Å²) in [6.07, 6.45) is -2.56. The Morgan fingerprint density at radius 3 is 2.44 bits per heavy atom. The van der Waals surface area contributed by atoms with E-state index in [0.717, 1.165) is 18.5 Å². The van der Waals surface area contributed by atoms with Crippen LogP contribution in [0.1, 0.15) is 35.3 Å². The molecular weight excluding hydrogens is 337 g/mol. The number of carbonyl (C=O) groups is 1. The van der Waals surface area contributed by atoms with Gasteiger partial charge in [-0.3, -0.25) is 4.79 Å². The van der Waals surface area contributed by atoms with Crippen LogP contribution in [0.25, 0.3) is 0 Å². The van der Waals surface area contributed by atoms with Crippen LogP contribution in [0.5, 0.6) is 5.75 Å². The molecule has 1 N–H and O–H groups in total. The normalized spacial score (nSPS) is 11.4. The van der Waals surface area contributed by atoms with Gasteiger partial charge in [-0.15, -0.1) is 0 Å². The van der Waals surface area contributed by atoms with Crippen LogP contribution in [-0.2, 0) is 12.7 Å². The molecule has 0 fully saturated rings. The molecule has 134 valence electrons. The van der Waals surface area contributed by atoms with E-state index in [2.05, 4.69) is 5.32 Å². The van der Waals surface area contributed by atoms with Crippen molar-refractivity contribution in [2.24, 2.45) is 0 Å². The molecule has 1 amide bonds. The summed E-state index contributed by atoms with van der Waals surface area (Å²) >= 11 is 0. The Morgan fingerprint density at radius 2 is 1.88 bits per heavy atom. The summed E-state index contributed by atoms with van der Waals surface area (Å²) in [4.78, 5) is 12.0. The summed E-state index contributed by atoms with van der Waals surface area (Å²) in [7, 11) is 0. The third-order valence-corrected chi connectivity index (χ3v) is 3.26. The summed E-state index contributed by atoms with van der Waals surface area (Å²) in [6.45, 7) is 3.13. The Balaban J connectivity index is 2.17. The molecule has 1 heterocycles. The smallest absolute Gasteiger partial charge is 0.416 e. The zero-order chi connectivity index (χ0) is 18.6. The van der Waals surface area contributed by atoms with Crippen LogP contribution in [0.15, 0.2) is 42.7 Å². The molecule has 5 nitrogen and oxygen atoms in total. The van der Waals surface area contributed by atoms with Crippen molar-refractivity contribution < 1.29 is 27.4 Å². The topological polar surface area (TPSA) is 65.3 Å². The fourth-order valence-electron chi connectivity index (χ4n) is 2.16. The summed E-state index contributed by atoms with van der Waals surface area (Å²) in [6, 6.07) is 6.19. The molecule has 0 atom stereocenters. The minimum Gasteiger partial charge on any atom is -0.619 e. The van der Waals surface area contributed by atoms with Gasteiger partial charge in [0.25, 0.3) is 5.91 Å². The van der Waals surface area contributed by atoms with Crippen LogP contribution >= 0.6 is 0 Å². The summed E-state index contributed by atoms with van der Waals surface area (Å²) in [5, 5.41) is 13.4. The largest absolute Gasteiger partial charge is 0.619 e. The molecule has 0 radical (unpaired) electrons. The molecular formula is C17H17F3N2O3. The first kappa shape index (κ1) is 18.6. The molecule has 0 bridgehead atoms. The Kier molecular flexibility index (Phi) is 5.51. The molecule has 2 aromatic rings. The molecule has 8 heteroatoms. The monoisotopic (exact) mass is 354 g/mol. The zero-order valence-corrected chi connectivity index (χ0v) is 13.6. The lowest BCUT2D eigenvalue weighted by Gasteiger charge is -2.17. The number of pyridine rings is 1. The highest BCUT2D eigenvalue weighted by Gasteiger charge is 2.34. The van der Waals surface area contributed by atoms with E-state index in [1.807, 2.05) is 0 Å². The Hall–Kier alpha value is -2.77. The zero-order valence-electron chi connectivity index (χ0n) is 13.6. The number of hydrogen-bond donors (Lipinski definition) is 1. The van der Waals surface area contributed by atoms with Gasteiger partial charge in [0, 0.05) is 18.7 Å². The number of hydrogen-bond acceptors (Lipinski definition) is 3. The van der Waals surface area contributed by atoms with Gasteiger partial charge in [-0.2, -0.15) is 17.9 Å². The van der Waals surface area contributed by atoms with Gasteiger partial charge >= 0.3 is 6.18 Å². The van der Waals surface area contributed by atoms with Gasteiger partial charge in [-0.25, -0.2) is 0 Å². The van der Waals surface area contributed by atoms with E-state index in [9.17, 15) is 23.2 Å². The van der Waals surface area contributed by atoms with Crippen molar-refractivity contribution in [2.45, 2.75) is 32.7 Å². The van der Waals surface area contributed by atoms with E-state index in [-0.39, 0.29) is 29.5 Å². The first-order valence-electron chi connectivity index (χ1n) is 7.50. The minimum absolute atomic E-state index is 0.0771. The summed E-state index contributed by atoms with van der Waals surface area (Å²) < 4.78 is 45.6. The number of nitrogens with zero attached hydrogens (tertiary/aromatic N) is 1. The molecule has 0 aliphatic rings. The van der Waals surface area contributed by atoms with E-state index in [4.69, 9.17) is 4.74 Å². The first-order valence-corrected chi connectivity index (χ1v) is 7.50. The molecule has 0 spiro atoms. The molecule has 0 unspecified atom stereocenters. The molecule has 25 heavy (non-hydrogen) atoms. The van der Waals surface area contributed by atoms with Gasteiger partial charge in [-0.1, -0.05) is 6.07 Å². The van der Waals surface area contributed by atoms with Crippen molar-refractivity contribution in [3.63, 3.8) is 0 Å².